The van der Waals surface area contributed by atoms with Crippen LogP contribution in [0, 0.1) is 10.1 Å². The number of carbonyl (C=O) groups excluding carboxylic acids is 2. The number of ether oxygens (including phenoxy) is 2. The molecule has 1 N–H and O–H groups in total. The first kappa shape index (κ1) is 19.2. The van der Waals surface area contributed by atoms with Crippen molar-refractivity contribution in [3.8, 4) is 5.75 Å². The lowest BCUT2D eigenvalue weighted by atomic mass is 10.2. The van der Waals surface area contributed by atoms with E-state index in [9.17, 15) is 19.7 Å². The summed E-state index contributed by atoms with van der Waals surface area (Å²) in [6.45, 7) is -0.350. The molecule has 0 unspecified atom stereocenters. The van der Waals surface area contributed by atoms with Gasteiger partial charge in [-0.05, 0) is 29.8 Å². The zero-order chi connectivity index (χ0) is 19.1. The first-order valence-electron chi connectivity index (χ1n) is 7.41. The molecule has 0 aliphatic rings. The van der Waals surface area contributed by atoms with Crippen molar-refractivity contribution in [1.29, 1.82) is 0 Å². The largest absolute Gasteiger partial charge is 0.497 e. The number of methoxy groups -OCH3 is 1. The van der Waals surface area contributed by atoms with Crippen LogP contribution in [0.25, 0.3) is 0 Å². The van der Waals surface area contributed by atoms with Crippen LogP contribution < -0.4 is 10.1 Å². The van der Waals surface area contributed by atoms with Crippen LogP contribution in [0.15, 0.2) is 42.5 Å². The number of nitrogens with zero attached hydrogens (tertiary/aromatic N) is 1. The molecule has 2 rings (SSSR count). The monoisotopic (exact) mass is 378 g/mol. The number of rotatable bonds is 7. The minimum Gasteiger partial charge on any atom is -0.497 e. The van der Waals surface area contributed by atoms with E-state index in [0.29, 0.717) is 5.75 Å². The fraction of sp³-hybridized carbons (Fsp3) is 0.176. The minimum absolute atomic E-state index is 0.0155. The fourth-order valence-corrected chi connectivity index (χ4v) is 2.21. The highest BCUT2D eigenvalue weighted by Crippen LogP contribution is 2.24. The van der Waals surface area contributed by atoms with Crippen LogP contribution in [0.3, 0.4) is 0 Å². The predicted molar refractivity (Wildman–Crippen MR) is 93.2 cm³/mol. The molecule has 0 aliphatic carbocycles. The molecule has 26 heavy (non-hydrogen) atoms. The van der Waals surface area contributed by atoms with Crippen molar-refractivity contribution in [3.63, 3.8) is 0 Å². The average molecular weight is 379 g/mol. The molecule has 0 bridgehead atoms. The lowest BCUT2D eigenvalue weighted by Gasteiger charge is -2.08. The molecule has 0 aromatic heterocycles. The van der Waals surface area contributed by atoms with Gasteiger partial charge in [0.25, 0.3) is 11.6 Å². The zero-order valence-electron chi connectivity index (χ0n) is 13.7. The third-order valence-electron chi connectivity index (χ3n) is 3.33. The standard InChI is InChI=1S/C17H15ClN2O6/c1-25-13-4-2-3-11(7-13)10-26-16(21)9-19-17(22)12-5-6-14(18)15(8-12)20(23)24/h2-8H,9-10H2,1H3,(H,19,22). The Labute approximate surface area is 153 Å². The number of esters is 1. The Morgan fingerprint density at radius 1 is 1.23 bits per heavy atom. The third kappa shape index (κ3) is 5.18. The van der Waals surface area contributed by atoms with E-state index >= 15 is 0 Å². The molecule has 8 nitrogen and oxygen atoms in total. The fourth-order valence-electron chi connectivity index (χ4n) is 2.03. The molecule has 2 aromatic carbocycles. The van der Waals surface area contributed by atoms with Crippen LogP contribution in [-0.4, -0.2) is 30.5 Å². The summed E-state index contributed by atoms with van der Waals surface area (Å²) >= 11 is 5.69. The van der Waals surface area contributed by atoms with Gasteiger partial charge >= 0.3 is 5.97 Å². The Morgan fingerprint density at radius 3 is 2.69 bits per heavy atom. The number of carbonyl (C=O) groups is 2. The number of halogens is 1. The molecule has 0 heterocycles. The summed E-state index contributed by atoms with van der Waals surface area (Å²) < 4.78 is 10.1. The highest BCUT2D eigenvalue weighted by molar-refractivity contribution is 6.32. The molecule has 136 valence electrons. The van der Waals surface area contributed by atoms with E-state index in [1.807, 2.05) is 0 Å². The number of hydrogen-bond acceptors (Lipinski definition) is 6. The summed E-state index contributed by atoms with van der Waals surface area (Å²) in [5.74, 6) is -0.663. The van der Waals surface area contributed by atoms with Crippen molar-refractivity contribution < 1.29 is 24.0 Å². The number of nitro groups is 1. The average Bonchev–Trinajstić information content (AvgIpc) is 2.64. The van der Waals surface area contributed by atoms with Crippen LogP contribution in [0.5, 0.6) is 5.75 Å². The highest BCUT2D eigenvalue weighted by Gasteiger charge is 2.17. The molecule has 0 saturated heterocycles. The van der Waals surface area contributed by atoms with Crippen molar-refractivity contribution in [2.75, 3.05) is 13.7 Å². The van der Waals surface area contributed by atoms with Crippen molar-refractivity contribution in [2.24, 2.45) is 0 Å². The Bertz CT molecular complexity index is 840. The van der Waals surface area contributed by atoms with Gasteiger partial charge in [-0.1, -0.05) is 23.7 Å². The summed E-state index contributed by atoms with van der Waals surface area (Å²) in [7, 11) is 1.53. The molecule has 0 saturated carbocycles. The molecule has 0 radical (unpaired) electrons. The second-order valence-corrected chi connectivity index (χ2v) is 5.53. The Balaban J connectivity index is 1.87. The van der Waals surface area contributed by atoms with E-state index in [4.69, 9.17) is 21.1 Å². The van der Waals surface area contributed by atoms with Gasteiger partial charge in [-0.3, -0.25) is 19.7 Å². The van der Waals surface area contributed by atoms with Crippen LogP contribution in [0.4, 0.5) is 5.69 Å². The summed E-state index contributed by atoms with van der Waals surface area (Å²) in [4.78, 5) is 33.9. The maximum atomic E-state index is 12.0. The number of nitro benzene ring substituents is 1. The number of benzene rings is 2. The smallest absolute Gasteiger partial charge is 0.325 e. The maximum Gasteiger partial charge on any atom is 0.325 e. The second kappa shape index (κ2) is 8.82. The molecular formula is C17H15ClN2O6. The molecule has 0 spiro atoms. The van der Waals surface area contributed by atoms with Gasteiger partial charge in [-0.2, -0.15) is 0 Å². The van der Waals surface area contributed by atoms with E-state index in [2.05, 4.69) is 5.32 Å². The Kier molecular flexibility index (Phi) is 6.51. The van der Waals surface area contributed by atoms with Crippen LogP contribution >= 0.6 is 11.6 Å². The maximum absolute atomic E-state index is 12.0. The van der Waals surface area contributed by atoms with Gasteiger partial charge in [0, 0.05) is 11.6 Å². The van der Waals surface area contributed by atoms with E-state index < -0.39 is 16.8 Å². The topological polar surface area (TPSA) is 108 Å². The van der Waals surface area contributed by atoms with E-state index in [1.54, 1.807) is 24.3 Å². The molecule has 9 heteroatoms. The van der Waals surface area contributed by atoms with Gasteiger partial charge in [-0.15, -0.1) is 0 Å². The first-order chi connectivity index (χ1) is 12.4. The summed E-state index contributed by atoms with van der Waals surface area (Å²) in [5, 5.41) is 13.1. The van der Waals surface area contributed by atoms with Gasteiger partial charge in [-0.25, -0.2) is 0 Å². The lowest BCUT2D eigenvalue weighted by molar-refractivity contribution is -0.384. The van der Waals surface area contributed by atoms with E-state index in [1.165, 1.54) is 19.2 Å². The SMILES string of the molecule is COc1cccc(COC(=O)CNC(=O)c2ccc(Cl)c([N+](=O)[O-])c2)c1. The molecule has 0 atom stereocenters. The lowest BCUT2D eigenvalue weighted by Crippen LogP contribution is -2.30. The molecule has 0 fully saturated rings. The van der Waals surface area contributed by atoms with Gasteiger partial charge in [0.05, 0.1) is 12.0 Å². The molecule has 0 aliphatic heterocycles. The number of amides is 1. The third-order valence-corrected chi connectivity index (χ3v) is 3.65. The van der Waals surface area contributed by atoms with E-state index in [-0.39, 0.29) is 29.4 Å². The Hall–Kier alpha value is -3.13. The molecule has 1 amide bonds. The van der Waals surface area contributed by atoms with Gasteiger partial charge in [0.1, 0.15) is 23.9 Å². The van der Waals surface area contributed by atoms with Crippen LogP contribution in [-0.2, 0) is 16.1 Å². The van der Waals surface area contributed by atoms with Crippen LogP contribution in [0.1, 0.15) is 15.9 Å². The minimum atomic E-state index is -0.693. The Morgan fingerprint density at radius 2 is 2.00 bits per heavy atom. The summed E-state index contributed by atoms with van der Waals surface area (Å²) in [6, 6.07) is 10.6. The van der Waals surface area contributed by atoms with Crippen molar-refractivity contribution in [2.45, 2.75) is 6.61 Å². The molecular weight excluding hydrogens is 364 g/mol. The molecule has 2 aromatic rings. The quantitative estimate of drug-likeness (QED) is 0.451. The van der Waals surface area contributed by atoms with Gasteiger partial charge in [0.2, 0.25) is 0 Å². The van der Waals surface area contributed by atoms with E-state index in [0.717, 1.165) is 11.6 Å². The van der Waals surface area contributed by atoms with Crippen molar-refractivity contribution in [3.05, 3.63) is 68.7 Å². The first-order valence-corrected chi connectivity index (χ1v) is 7.79. The number of hydrogen-bond donors (Lipinski definition) is 1. The van der Waals surface area contributed by atoms with Crippen molar-refractivity contribution >= 4 is 29.2 Å². The zero-order valence-corrected chi connectivity index (χ0v) is 14.5. The van der Waals surface area contributed by atoms with Gasteiger partial charge < -0.3 is 14.8 Å². The summed E-state index contributed by atoms with van der Waals surface area (Å²) in [5.41, 5.74) is 0.360. The highest BCUT2D eigenvalue weighted by atomic mass is 35.5. The summed E-state index contributed by atoms with van der Waals surface area (Å²) in [6.07, 6.45) is 0. The normalized spacial score (nSPS) is 10.1. The number of nitrogens with one attached hydrogen (secondary N) is 1. The predicted octanol–water partition coefficient (Wildman–Crippen LogP) is 2.73. The second-order valence-electron chi connectivity index (χ2n) is 5.12. The van der Waals surface area contributed by atoms with Crippen LogP contribution in [0.2, 0.25) is 5.02 Å². The van der Waals surface area contributed by atoms with Gasteiger partial charge in [0.15, 0.2) is 0 Å². The van der Waals surface area contributed by atoms with Crippen molar-refractivity contribution in [1.82, 2.24) is 5.32 Å².